The minimum absolute atomic E-state index is 0.176. The minimum atomic E-state index is -0.267. The summed E-state index contributed by atoms with van der Waals surface area (Å²) in [6.45, 7) is 3.28. The van der Waals surface area contributed by atoms with Crippen LogP contribution in [0, 0.1) is 0 Å². The van der Waals surface area contributed by atoms with Gasteiger partial charge in [-0.15, -0.1) is 0 Å². The highest BCUT2D eigenvalue weighted by Crippen LogP contribution is 2.28. The quantitative estimate of drug-likeness (QED) is 0.420. The molecule has 1 fully saturated rings. The number of anilines is 1. The topological polar surface area (TPSA) is 71.7 Å². The molecule has 0 saturated carbocycles. The van der Waals surface area contributed by atoms with Crippen LogP contribution < -0.4 is 20.5 Å². The normalized spacial score (nSPS) is 14.8. The smallest absolute Gasteiger partial charge is 0.251 e. The number of fused-ring (bicyclic) bond motifs is 2. The first-order valence-electron chi connectivity index (χ1n) is 12.8. The zero-order chi connectivity index (χ0) is 26.1. The molecule has 0 radical (unpaired) electrons. The standard InChI is InChI=1S/C29H35N5O3/c1-30-29(36)24-19-28(35)34(26-18-22(37-4)9-10-23(24)26)16-15-33-13-11-21(12-14-33)31(2)27-17-20-7-5-6-8-25(20)32(27)3/h5-10,17-19,21H,11-16H2,1-4H3,(H,30,36). The van der Waals surface area contributed by atoms with Crippen LogP contribution in [-0.4, -0.2) is 66.8 Å². The zero-order valence-corrected chi connectivity index (χ0v) is 22.0. The van der Waals surface area contributed by atoms with E-state index in [-0.39, 0.29) is 11.5 Å². The van der Waals surface area contributed by atoms with Crippen LogP contribution in [0.2, 0.25) is 0 Å². The number of para-hydroxylation sites is 1. The highest BCUT2D eigenvalue weighted by Gasteiger charge is 2.25. The molecule has 5 rings (SSSR count). The number of carbonyl (C=O) groups excluding carboxylic acids is 1. The summed E-state index contributed by atoms with van der Waals surface area (Å²) in [5.41, 5.74) is 2.18. The molecule has 4 aromatic rings. The van der Waals surface area contributed by atoms with Gasteiger partial charge in [0.2, 0.25) is 0 Å². The van der Waals surface area contributed by atoms with Gasteiger partial charge in [-0.1, -0.05) is 18.2 Å². The van der Waals surface area contributed by atoms with Crippen LogP contribution in [0.3, 0.4) is 0 Å². The molecule has 2 aromatic carbocycles. The molecule has 2 aromatic heterocycles. The van der Waals surface area contributed by atoms with E-state index in [9.17, 15) is 9.59 Å². The molecule has 1 aliphatic heterocycles. The lowest BCUT2D eigenvalue weighted by molar-refractivity contribution is 0.0964. The number of pyridine rings is 1. The van der Waals surface area contributed by atoms with Gasteiger partial charge in [-0.25, -0.2) is 0 Å². The summed E-state index contributed by atoms with van der Waals surface area (Å²) in [5, 5.41) is 4.65. The zero-order valence-electron chi connectivity index (χ0n) is 22.0. The SMILES string of the molecule is CNC(=O)c1cc(=O)n(CCN2CCC(N(C)c3cc4ccccc4n3C)CC2)c2cc(OC)ccc12. The molecule has 37 heavy (non-hydrogen) atoms. The Hall–Kier alpha value is -3.78. The molecule has 0 unspecified atom stereocenters. The third-order valence-electron chi connectivity index (χ3n) is 7.82. The Bertz CT molecular complexity index is 1500. The molecule has 1 N–H and O–H groups in total. The van der Waals surface area contributed by atoms with Crippen molar-refractivity contribution in [2.45, 2.75) is 25.4 Å². The van der Waals surface area contributed by atoms with E-state index in [1.54, 1.807) is 18.7 Å². The highest BCUT2D eigenvalue weighted by molar-refractivity contribution is 6.06. The van der Waals surface area contributed by atoms with Gasteiger partial charge in [0.1, 0.15) is 11.6 Å². The summed E-state index contributed by atoms with van der Waals surface area (Å²) >= 11 is 0. The lowest BCUT2D eigenvalue weighted by atomic mass is 10.0. The largest absolute Gasteiger partial charge is 0.497 e. The number of nitrogens with one attached hydrogen (secondary N) is 1. The molecular weight excluding hydrogens is 466 g/mol. The second-order valence-electron chi connectivity index (χ2n) is 9.81. The van der Waals surface area contributed by atoms with Crippen molar-refractivity contribution < 1.29 is 9.53 Å². The number of piperidine rings is 1. The molecule has 8 nitrogen and oxygen atoms in total. The van der Waals surface area contributed by atoms with Gasteiger partial charge < -0.3 is 29.0 Å². The van der Waals surface area contributed by atoms with Crippen molar-refractivity contribution in [3.05, 3.63) is 70.5 Å². The van der Waals surface area contributed by atoms with Crippen molar-refractivity contribution in [2.24, 2.45) is 7.05 Å². The Morgan fingerprint density at radius 1 is 1.05 bits per heavy atom. The van der Waals surface area contributed by atoms with Gasteiger partial charge in [-0.3, -0.25) is 9.59 Å². The first-order valence-corrected chi connectivity index (χ1v) is 12.8. The van der Waals surface area contributed by atoms with Gasteiger partial charge in [0.05, 0.1) is 18.2 Å². The van der Waals surface area contributed by atoms with E-state index in [4.69, 9.17) is 4.74 Å². The Morgan fingerprint density at radius 3 is 2.51 bits per heavy atom. The van der Waals surface area contributed by atoms with E-state index in [0.29, 0.717) is 23.9 Å². The molecule has 1 aliphatic rings. The number of hydrogen-bond donors (Lipinski definition) is 1. The first kappa shape index (κ1) is 24.9. The van der Waals surface area contributed by atoms with Crippen LogP contribution in [0.15, 0.2) is 59.4 Å². The Kier molecular flexibility index (Phi) is 6.93. The number of likely N-dealkylation sites (tertiary alicyclic amines) is 1. The van der Waals surface area contributed by atoms with Gasteiger partial charge in [-0.05, 0) is 37.1 Å². The lowest BCUT2D eigenvalue weighted by Gasteiger charge is -2.38. The predicted octanol–water partition coefficient (Wildman–Crippen LogP) is 3.46. The second-order valence-corrected chi connectivity index (χ2v) is 9.81. The minimum Gasteiger partial charge on any atom is -0.497 e. The number of aryl methyl sites for hydroxylation is 1. The number of amides is 1. The fourth-order valence-corrected chi connectivity index (χ4v) is 5.61. The van der Waals surface area contributed by atoms with Crippen LogP contribution in [0.1, 0.15) is 23.2 Å². The van der Waals surface area contributed by atoms with E-state index >= 15 is 0 Å². The summed E-state index contributed by atoms with van der Waals surface area (Å²) in [6.07, 6.45) is 2.13. The van der Waals surface area contributed by atoms with Gasteiger partial charge in [0.25, 0.3) is 11.5 Å². The van der Waals surface area contributed by atoms with Crippen LogP contribution in [0.4, 0.5) is 5.82 Å². The van der Waals surface area contributed by atoms with E-state index < -0.39 is 0 Å². The summed E-state index contributed by atoms with van der Waals surface area (Å²) in [5.74, 6) is 1.63. The van der Waals surface area contributed by atoms with Crippen LogP contribution in [-0.2, 0) is 13.6 Å². The number of methoxy groups -OCH3 is 1. The summed E-state index contributed by atoms with van der Waals surface area (Å²) in [4.78, 5) is 30.3. The molecule has 194 valence electrons. The van der Waals surface area contributed by atoms with Crippen LogP contribution in [0.5, 0.6) is 5.75 Å². The summed E-state index contributed by atoms with van der Waals surface area (Å²) in [6, 6.07) is 18.2. The van der Waals surface area contributed by atoms with Crippen molar-refractivity contribution in [1.82, 2.24) is 19.4 Å². The van der Waals surface area contributed by atoms with Gasteiger partial charge >= 0.3 is 0 Å². The van der Waals surface area contributed by atoms with Crippen molar-refractivity contribution in [1.29, 1.82) is 0 Å². The lowest BCUT2D eigenvalue weighted by Crippen LogP contribution is -2.45. The fourth-order valence-electron chi connectivity index (χ4n) is 5.61. The third kappa shape index (κ3) is 4.69. The molecule has 0 bridgehead atoms. The Morgan fingerprint density at radius 2 is 1.81 bits per heavy atom. The molecule has 3 heterocycles. The van der Waals surface area contributed by atoms with Crippen molar-refractivity contribution >= 4 is 33.5 Å². The molecular formula is C29H35N5O3. The fraction of sp³-hybridized carbons (Fsp3) is 0.379. The highest BCUT2D eigenvalue weighted by atomic mass is 16.5. The summed E-state index contributed by atoms with van der Waals surface area (Å²) in [7, 11) is 7.51. The Labute approximate surface area is 217 Å². The summed E-state index contributed by atoms with van der Waals surface area (Å²) < 4.78 is 9.44. The first-order chi connectivity index (χ1) is 17.9. The number of benzene rings is 2. The number of nitrogens with zero attached hydrogens (tertiary/aromatic N) is 4. The molecule has 1 saturated heterocycles. The van der Waals surface area contributed by atoms with Gasteiger partial charge in [0.15, 0.2) is 0 Å². The van der Waals surface area contributed by atoms with E-state index in [0.717, 1.165) is 43.4 Å². The van der Waals surface area contributed by atoms with Crippen molar-refractivity contribution in [2.75, 3.05) is 45.7 Å². The third-order valence-corrected chi connectivity index (χ3v) is 7.82. The van der Waals surface area contributed by atoms with E-state index in [1.165, 1.54) is 22.8 Å². The van der Waals surface area contributed by atoms with E-state index in [2.05, 4.69) is 64.1 Å². The molecule has 0 aliphatic carbocycles. The van der Waals surface area contributed by atoms with Crippen molar-refractivity contribution in [3.63, 3.8) is 0 Å². The van der Waals surface area contributed by atoms with Crippen LogP contribution in [0.25, 0.3) is 21.8 Å². The second kappa shape index (κ2) is 10.3. The van der Waals surface area contributed by atoms with Crippen molar-refractivity contribution in [3.8, 4) is 5.75 Å². The average molecular weight is 502 g/mol. The number of hydrogen-bond acceptors (Lipinski definition) is 5. The van der Waals surface area contributed by atoms with Gasteiger partial charge in [0, 0.05) is 81.8 Å². The molecule has 1 amide bonds. The maximum absolute atomic E-state index is 13.1. The number of ether oxygens (including phenoxy) is 1. The molecule has 0 spiro atoms. The molecule has 0 atom stereocenters. The number of carbonyl (C=O) groups is 1. The molecule has 8 heteroatoms. The number of rotatable bonds is 7. The maximum atomic E-state index is 13.1. The maximum Gasteiger partial charge on any atom is 0.251 e. The van der Waals surface area contributed by atoms with Crippen LogP contribution >= 0.6 is 0 Å². The average Bonchev–Trinajstić information content (AvgIpc) is 3.27. The van der Waals surface area contributed by atoms with E-state index in [1.807, 2.05) is 18.2 Å². The van der Waals surface area contributed by atoms with Gasteiger partial charge in [-0.2, -0.15) is 0 Å². The number of aromatic nitrogens is 2. The predicted molar refractivity (Wildman–Crippen MR) is 149 cm³/mol. The monoisotopic (exact) mass is 501 g/mol. The Balaban J connectivity index is 1.29.